The van der Waals surface area contributed by atoms with Crippen molar-refractivity contribution in [2.45, 2.75) is 40.0 Å². The first-order chi connectivity index (χ1) is 9.11. The molecule has 0 atom stereocenters. The second-order valence-electron chi connectivity index (χ2n) is 5.19. The van der Waals surface area contributed by atoms with E-state index in [2.05, 4.69) is 37.4 Å². The molecule has 0 fully saturated rings. The van der Waals surface area contributed by atoms with Gasteiger partial charge in [0.1, 0.15) is 0 Å². The van der Waals surface area contributed by atoms with Crippen LogP contribution in [-0.4, -0.2) is 5.71 Å². The lowest BCUT2D eigenvalue weighted by Crippen LogP contribution is -2.18. The third-order valence-electron chi connectivity index (χ3n) is 4.29. The van der Waals surface area contributed by atoms with Crippen LogP contribution in [0.3, 0.4) is 0 Å². The fraction of sp³-hybridized carbons (Fsp3) is 0.438. The lowest BCUT2D eigenvalue weighted by atomic mass is 9.77. The van der Waals surface area contributed by atoms with Gasteiger partial charge in [0.2, 0.25) is 0 Å². The molecule has 0 aliphatic heterocycles. The summed E-state index contributed by atoms with van der Waals surface area (Å²) in [6, 6.07) is 7.67. The average molecular weight is 277 g/mol. The molecule has 19 heavy (non-hydrogen) atoms. The van der Waals surface area contributed by atoms with E-state index in [1.165, 1.54) is 5.57 Å². The van der Waals surface area contributed by atoms with Crippen molar-refractivity contribution >= 4 is 23.0 Å². The zero-order valence-electron chi connectivity index (χ0n) is 11.8. The zero-order chi connectivity index (χ0) is 13.9. The maximum Gasteiger partial charge on any atom is 0.0748 e. The lowest BCUT2D eigenvalue weighted by Gasteiger charge is -2.27. The molecule has 2 rings (SSSR count). The van der Waals surface area contributed by atoms with Crippen LogP contribution in [0.15, 0.2) is 41.0 Å². The number of allylic oxidation sites excluding steroid dienone is 2. The van der Waals surface area contributed by atoms with Gasteiger partial charge in [0, 0.05) is 6.42 Å². The van der Waals surface area contributed by atoms with Gasteiger partial charge < -0.3 is 0 Å². The molecule has 0 saturated heterocycles. The Morgan fingerprint density at radius 2 is 1.95 bits per heavy atom. The van der Waals surface area contributed by atoms with Gasteiger partial charge in [-0.2, -0.15) is 5.10 Å². The third kappa shape index (κ3) is 2.84. The molecule has 3 heteroatoms. The number of para-hydroxylation sites is 1. The Morgan fingerprint density at radius 3 is 2.53 bits per heavy atom. The van der Waals surface area contributed by atoms with Crippen LogP contribution >= 0.6 is 11.6 Å². The summed E-state index contributed by atoms with van der Waals surface area (Å²) in [5.41, 5.74) is 6.79. The van der Waals surface area contributed by atoms with Crippen molar-refractivity contribution in [3.63, 3.8) is 0 Å². The number of halogens is 1. The molecule has 0 saturated carbocycles. The van der Waals surface area contributed by atoms with Gasteiger partial charge in [-0.05, 0) is 43.4 Å². The predicted octanol–water partition coefficient (Wildman–Crippen LogP) is 5.26. The molecule has 0 amide bonds. The molecule has 2 nitrogen and oxygen atoms in total. The van der Waals surface area contributed by atoms with Gasteiger partial charge in [0.25, 0.3) is 0 Å². The van der Waals surface area contributed by atoms with Crippen LogP contribution in [-0.2, 0) is 0 Å². The minimum absolute atomic E-state index is 0.307. The van der Waals surface area contributed by atoms with Crippen LogP contribution < -0.4 is 5.43 Å². The number of hydrogen-bond donors (Lipinski definition) is 1. The highest BCUT2D eigenvalue weighted by molar-refractivity contribution is 6.33. The van der Waals surface area contributed by atoms with Crippen molar-refractivity contribution in [1.82, 2.24) is 0 Å². The SMILES string of the molecule is CCC1(CC)C/C(=N/Nc2ccccc2Cl)C=C1C. The normalized spacial score (nSPS) is 19.6. The van der Waals surface area contributed by atoms with Crippen molar-refractivity contribution in [2.24, 2.45) is 10.5 Å². The summed E-state index contributed by atoms with van der Waals surface area (Å²) in [5.74, 6) is 0. The fourth-order valence-corrected chi connectivity index (χ4v) is 2.93. The lowest BCUT2D eigenvalue weighted by molar-refractivity contribution is 0.351. The minimum Gasteiger partial charge on any atom is -0.277 e. The molecule has 1 aromatic rings. The van der Waals surface area contributed by atoms with Crippen LogP contribution in [0.5, 0.6) is 0 Å². The van der Waals surface area contributed by atoms with Crippen LogP contribution in [0.1, 0.15) is 40.0 Å². The largest absolute Gasteiger partial charge is 0.277 e. The first-order valence-corrected chi connectivity index (χ1v) is 7.25. The number of hydrazone groups is 1. The standard InChI is InChI=1S/C16H21ClN2/c1-4-16(5-2)11-13(10-12(16)3)18-19-15-9-7-6-8-14(15)17/h6-10,19H,4-5,11H2,1-3H3/b18-13+. The first-order valence-electron chi connectivity index (χ1n) is 6.87. The van der Waals surface area contributed by atoms with E-state index in [4.69, 9.17) is 11.6 Å². The number of nitrogens with zero attached hydrogens (tertiary/aromatic N) is 1. The number of anilines is 1. The molecule has 102 valence electrons. The summed E-state index contributed by atoms with van der Waals surface area (Å²) < 4.78 is 0. The highest BCUT2D eigenvalue weighted by Crippen LogP contribution is 2.43. The van der Waals surface area contributed by atoms with Gasteiger partial charge in [-0.25, -0.2) is 0 Å². The summed E-state index contributed by atoms with van der Waals surface area (Å²) in [6.07, 6.45) is 5.55. The van der Waals surface area contributed by atoms with Crippen molar-refractivity contribution in [2.75, 3.05) is 5.43 Å². The molecule has 0 unspecified atom stereocenters. The Morgan fingerprint density at radius 1 is 1.26 bits per heavy atom. The van der Waals surface area contributed by atoms with Crippen LogP contribution in [0, 0.1) is 5.41 Å². The van der Waals surface area contributed by atoms with Gasteiger partial charge in [-0.15, -0.1) is 0 Å². The number of nitrogens with one attached hydrogen (secondary N) is 1. The van der Waals surface area contributed by atoms with Crippen molar-refractivity contribution in [3.8, 4) is 0 Å². The van der Waals surface area contributed by atoms with E-state index < -0.39 is 0 Å². The van der Waals surface area contributed by atoms with Crippen molar-refractivity contribution in [3.05, 3.63) is 40.9 Å². The zero-order valence-corrected chi connectivity index (χ0v) is 12.6. The van der Waals surface area contributed by atoms with Crippen LogP contribution in [0.2, 0.25) is 5.02 Å². The van der Waals surface area contributed by atoms with E-state index in [-0.39, 0.29) is 0 Å². The summed E-state index contributed by atoms with van der Waals surface area (Å²) in [7, 11) is 0. The van der Waals surface area contributed by atoms with Crippen molar-refractivity contribution < 1.29 is 0 Å². The summed E-state index contributed by atoms with van der Waals surface area (Å²) >= 11 is 6.10. The smallest absolute Gasteiger partial charge is 0.0748 e. The minimum atomic E-state index is 0.307. The second kappa shape index (κ2) is 5.79. The van der Waals surface area contributed by atoms with E-state index >= 15 is 0 Å². The quantitative estimate of drug-likeness (QED) is 0.745. The topological polar surface area (TPSA) is 24.4 Å². The molecule has 1 aliphatic rings. The maximum absolute atomic E-state index is 6.10. The molecular weight excluding hydrogens is 256 g/mol. The Kier molecular flexibility index (Phi) is 4.31. The Labute approximate surface area is 120 Å². The molecule has 1 aromatic carbocycles. The summed E-state index contributed by atoms with van der Waals surface area (Å²) in [5, 5.41) is 5.20. The fourth-order valence-electron chi connectivity index (χ4n) is 2.75. The average Bonchev–Trinajstić information content (AvgIpc) is 2.75. The molecule has 0 bridgehead atoms. The van der Waals surface area contributed by atoms with E-state index in [1.54, 1.807) is 0 Å². The summed E-state index contributed by atoms with van der Waals surface area (Å²) in [4.78, 5) is 0. The van der Waals surface area contributed by atoms with Crippen LogP contribution in [0.4, 0.5) is 5.69 Å². The number of hydrogen-bond acceptors (Lipinski definition) is 2. The highest BCUT2D eigenvalue weighted by Gasteiger charge is 2.34. The molecule has 0 spiro atoms. The molecule has 0 heterocycles. The Bertz CT molecular complexity index is 513. The van der Waals surface area contributed by atoms with Gasteiger partial charge in [-0.1, -0.05) is 43.2 Å². The van der Waals surface area contributed by atoms with Gasteiger partial charge >= 0.3 is 0 Å². The molecular formula is C16H21ClN2. The second-order valence-corrected chi connectivity index (χ2v) is 5.59. The van der Waals surface area contributed by atoms with E-state index in [9.17, 15) is 0 Å². The van der Waals surface area contributed by atoms with E-state index in [0.717, 1.165) is 30.7 Å². The summed E-state index contributed by atoms with van der Waals surface area (Å²) in [6.45, 7) is 6.72. The van der Waals surface area contributed by atoms with Crippen LogP contribution in [0.25, 0.3) is 0 Å². The molecule has 0 aromatic heterocycles. The maximum atomic E-state index is 6.10. The van der Waals surface area contributed by atoms with Gasteiger partial charge in [-0.3, -0.25) is 5.43 Å². The highest BCUT2D eigenvalue weighted by atomic mass is 35.5. The monoisotopic (exact) mass is 276 g/mol. The van der Waals surface area contributed by atoms with E-state index in [1.807, 2.05) is 24.3 Å². The predicted molar refractivity (Wildman–Crippen MR) is 83.9 cm³/mol. The first kappa shape index (κ1) is 14.1. The molecule has 1 N–H and O–H groups in total. The van der Waals surface area contributed by atoms with Gasteiger partial charge in [0.05, 0.1) is 16.4 Å². The third-order valence-corrected chi connectivity index (χ3v) is 4.62. The Balaban J connectivity index is 2.13. The molecule has 0 radical (unpaired) electrons. The number of benzene rings is 1. The van der Waals surface area contributed by atoms with E-state index in [0.29, 0.717) is 10.4 Å². The Hall–Kier alpha value is -1.28. The van der Waals surface area contributed by atoms with Crippen molar-refractivity contribution in [1.29, 1.82) is 0 Å². The molecule has 1 aliphatic carbocycles. The van der Waals surface area contributed by atoms with Gasteiger partial charge in [0.15, 0.2) is 0 Å². The number of rotatable bonds is 4.